The zero-order valence-corrected chi connectivity index (χ0v) is 43.1. The lowest BCUT2D eigenvalue weighted by Gasteiger charge is -2.35. The van der Waals surface area contributed by atoms with Crippen molar-refractivity contribution in [1.29, 1.82) is 0 Å². The summed E-state index contributed by atoms with van der Waals surface area (Å²) in [5.74, 6) is -2.06. The van der Waals surface area contributed by atoms with Gasteiger partial charge < -0.3 is 15.3 Å². The summed E-state index contributed by atoms with van der Waals surface area (Å²) < 4.78 is 81.4. The van der Waals surface area contributed by atoms with Gasteiger partial charge >= 0.3 is 5.97 Å². The van der Waals surface area contributed by atoms with Gasteiger partial charge in [-0.05, 0) is 146 Å². The lowest BCUT2D eigenvalue weighted by molar-refractivity contribution is 0.0605. The number of sulfonamides is 2. The number of halogens is 4. The molecule has 23 heteroatoms. The molecule has 6 heterocycles. The number of anilines is 2. The van der Waals surface area contributed by atoms with Crippen LogP contribution in [-0.2, 0) is 20.0 Å². The molecule has 4 aromatic heterocycles. The first-order chi connectivity index (χ1) is 32.6. The van der Waals surface area contributed by atoms with Crippen molar-refractivity contribution in [3.05, 3.63) is 114 Å². The first kappa shape index (κ1) is 52.7. The molecule has 0 spiro atoms. The number of likely N-dealkylation sites (tertiary alicyclic amines) is 1. The van der Waals surface area contributed by atoms with Gasteiger partial charge in [-0.1, -0.05) is 13.8 Å². The van der Waals surface area contributed by atoms with Gasteiger partial charge in [0.15, 0.2) is 11.3 Å². The molecule has 0 radical (unpaired) electrons. The number of piperidine rings is 2. The molecule has 70 heavy (non-hydrogen) atoms. The molecule has 1 amide bonds. The lowest BCUT2D eigenvalue weighted by Crippen LogP contribution is -2.39. The zero-order valence-electron chi connectivity index (χ0n) is 38.3. The van der Waals surface area contributed by atoms with E-state index in [0.717, 1.165) is 103 Å². The third kappa shape index (κ3) is 12.7. The second-order valence-electron chi connectivity index (χ2n) is 18.1. The third-order valence-corrected chi connectivity index (χ3v) is 14.6. The summed E-state index contributed by atoms with van der Waals surface area (Å²) >= 11 is 6.08. The fourth-order valence-corrected chi connectivity index (χ4v) is 11.2. The van der Waals surface area contributed by atoms with Gasteiger partial charge in [0.2, 0.25) is 20.0 Å². The van der Waals surface area contributed by atoms with Crippen LogP contribution in [-0.4, -0.2) is 93.5 Å². The second kappa shape index (κ2) is 21.3. The zero-order chi connectivity index (χ0) is 49.5. The van der Waals surface area contributed by atoms with Crippen LogP contribution in [0.4, 0.5) is 20.2 Å². The number of hydrogen-bond acceptors (Lipinski definition) is 11. The molecule has 0 bridgehead atoms. The molecule has 376 valence electrons. The Morgan fingerprint density at radius 2 is 1.16 bits per heavy atom. The minimum atomic E-state index is -3.69. The number of nitrogens with one attached hydrogen (secondary N) is 3. The summed E-state index contributed by atoms with van der Waals surface area (Å²) in [6.45, 7) is 5.70. The van der Waals surface area contributed by atoms with Crippen LogP contribution in [0.15, 0.2) is 57.5 Å². The Kier molecular flexibility index (Phi) is 16.1. The molecule has 10 rings (SSSR count). The number of amides is 1. The van der Waals surface area contributed by atoms with E-state index in [1.165, 1.54) is 43.5 Å². The van der Waals surface area contributed by atoms with E-state index in [9.17, 15) is 35.2 Å². The van der Waals surface area contributed by atoms with Gasteiger partial charge in [0.1, 0.15) is 11.6 Å². The molecule has 2 saturated carbocycles. The first-order valence-corrected chi connectivity index (χ1v) is 27.9. The summed E-state index contributed by atoms with van der Waals surface area (Å²) in [5.41, 5.74) is 7.50. The molecule has 2 atom stereocenters. The highest BCUT2D eigenvalue weighted by Crippen LogP contribution is 2.41. The van der Waals surface area contributed by atoms with Crippen LogP contribution in [0.3, 0.4) is 0 Å². The highest BCUT2D eigenvalue weighted by molar-refractivity contribution is 9.11. The fourth-order valence-electron chi connectivity index (χ4n) is 8.65. The van der Waals surface area contributed by atoms with Gasteiger partial charge in [-0.25, -0.2) is 49.4 Å². The van der Waals surface area contributed by atoms with Crippen LogP contribution in [0, 0.1) is 25.5 Å². The Hall–Kier alpha value is -5.10. The van der Waals surface area contributed by atoms with E-state index in [1.807, 2.05) is 22.2 Å². The van der Waals surface area contributed by atoms with Crippen molar-refractivity contribution in [3.8, 4) is 0 Å². The summed E-state index contributed by atoms with van der Waals surface area (Å²) in [6.07, 6.45) is 13.0. The van der Waals surface area contributed by atoms with Gasteiger partial charge in [-0.2, -0.15) is 10.2 Å². The van der Waals surface area contributed by atoms with Gasteiger partial charge in [0.25, 0.3) is 5.91 Å². The lowest BCUT2D eigenvalue weighted by atomic mass is 9.98. The number of carbonyl (C=O) groups excluding carboxylic acids is 1. The molecule has 4 aliphatic rings. The monoisotopic (exact) mass is 1130 g/mol. The number of rotatable bonds is 10. The number of aromatic carboxylic acids is 1. The van der Waals surface area contributed by atoms with E-state index in [1.54, 1.807) is 9.42 Å². The van der Waals surface area contributed by atoms with E-state index < -0.39 is 49.1 Å². The predicted octanol–water partition coefficient (Wildman–Crippen LogP) is 9.58. The smallest absolute Gasteiger partial charge is 0.337 e. The van der Waals surface area contributed by atoms with Crippen LogP contribution in [0.5, 0.6) is 0 Å². The summed E-state index contributed by atoms with van der Waals surface area (Å²) in [5, 5.41) is 21.9. The number of carbonyl (C=O) groups is 2. The van der Waals surface area contributed by atoms with Crippen LogP contribution in [0.2, 0.25) is 0 Å². The number of nitrogens with zero attached hydrogens (tertiary/aromatic N) is 7. The highest BCUT2D eigenvalue weighted by Gasteiger charge is 2.34. The molecule has 4 N–H and O–H groups in total. The van der Waals surface area contributed by atoms with Crippen molar-refractivity contribution < 1.29 is 40.3 Å². The molecule has 4 fully saturated rings. The Balaban J connectivity index is 0.000000169. The highest BCUT2D eigenvalue weighted by atomic mass is 79.9. The molecule has 2 aromatic carbocycles. The van der Waals surface area contributed by atoms with Gasteiger partial charge in [0, 0.05) is 62.2 Å². The molecule has 17 nitrogen and oxygen atoms in total. The maximum absolute atomic E-state index is 14.3. The third-order valence-electron chi connectivity index (χ3n) is 12.2. The first-order valence-electron chi connectivity index (χ1n) is 22.6. The molecule has 0 unspecified atom stereocenters. The average Bonchev–Trinajstić information content (AvgIpc) is 4.23. The van der Waals surface area contributed by atoms with E-state index >= 15 is 0 Å². The molecular formula is C47H56Br2F2N10O7S2. The Bertz CT molecular complexity index is 3190. The van der Waals surface area contributed by atoms with Crippen LogP contribution >= 0.6 is 31.9 Å². The number of aromatic nitrogens is 6. The Labute approximate surface area is 422 Å². The van der Waals surface area contributed by atoms with E-state index in [2.05, 4.69) is 67.0 Å². The maximum Gasteiger partial charge on any atom is 0.337 e. The summed E-state index contributed by atoms with van der Waals surface area (Å²) in [6, 6.07) is 12.4. The Morgan fingerprint density at radius 1 is 0.671 bits per heavy atom. The molecule has 2 aliphatic carbocycles. The van der Waals surface area contributed by atoms with Crippen LogP contribution < -0.4 is 14.8 Å². The summed E-state index contributed by atoms with van der Waals surface area (Å²) in [7, 11) is -7.32. The summed E-state index contributed by atoms with van der Waals surface area (Å²) in [4.78, 5) is 35.7. The minimum Gasteiger partial charge on any atom is -0.478 e. The Morgan fingerprint density at radius 3 is 1.64 bits per heavy atom. The standard InChI is InChI=1S/C23H25BrFN5O3S.C15H20N4.C8H7BrFNO4S.CH4/c1-13-9-18(14-6-7-14)26-21-12-19(27-30(13)21)20-5-3-4-8-29(20)23(31)16-10-15(25)11-17(24)22(16)28-34(2,32)33;1-10-8-13(11-5-6-11)17-15-9-14(18-19(10)15)12-4-2-3-7-16-12;1-16(14,15)11-7-5(8(12)13)2-4(10)3-6(7)9;/h9-12,14,20,28H,3-8H2,1-2H3;8-9,11-12,16H,2-7H2,1H3;2-3,11H,1H3,(H,12,13);1H4/t20-;12-;;/m00../s1. The minimum absolute atomic E-state index is 0. The molecular weight excluding hydrogens is 1080 g/mol. The van der Waals surface area contributed by atoms with Crippen molar-refractivity contribution in [1.82, 2.24) is 39.4 Å². The van der Waals surface area contributed by atoms with E-state index in [4.69, 9.17) is 25.3 Å². The number of carboxylic acid groups (broad SMARTS) is 1. The van der Waals surface area contributed by atoms with E-state index in [-0.39, 0.29) is 39.4 Å². The number of aryl methyl sites for hydroxylation is 2. The molecule has 6 aromatic rings. The van der Waals surface area contributed by atoms with Crippen molar-refractivity contribution in [2.45, 2.75) is 109 Å². The van der Waals surface area contributed by atoms with Crippen molar-refractivity contribution in [2.24, 2.45) is 0 Å². The van der Waals surface area contributed by atoms with Gasteiger partial charge in [-0.3, -0.25) is 14.2 Å². The SMILES string of the molecule is C.CS(=O)(=O)Nc1c(Br)cc(F)cc1C(=O)O.Cc1cc(C2CC2)nc2cc([C@@H]3CCCCN3)nn12.Cc1cc(C2CC2)nc2cc([C@@H]3CCCCN3C(=O)c3cc(F)cc(Br)c3NS(C)(=O)=O)nn12. The van der Waals surface area contributed by atoms with E-state index in [0.29, 0.717) is 30.8 Å². The second-order valence-corrected chi connectivity index (χ2v) is 23.3. The van der Waals surface area contributed by atoms with Crippen LogP contribution in [0.1, 0.15) is 150 Å². The van der Waals surface area contributed by atoms with Crippen molar-refractivity contribution >= 4 is 86.5 Å². The van der Waals surface area contributed by atoms with Crippen molar-refractivity contribution in [3.63, 3.8) is 0 Å². The maximum atomic E-state index is 14.3. The van der Waals surface area contributed by atoms with Crippen LogP contribution in [0.25, 0.3) is 11.3 Å². The molecule has 2 aliphatic heterocycles. The number of benzene rings is 2. The number of fused-ring (bicyclic) bond motifs is 2. The fraction of sp³-hybridized carbons (Fsp3) is 0.447. The topological polar surface area (TPSA) is 222 Å². The number of hydrogen-bond donors (Lipinski definition) is 4. The predicted molar refractivity (Wildman–Crippen MR) is 270 cm³/mol. The average molecular weight is 1130 g/mol. The quantitative estimate of drug-likeness (QED) is 0.101. The van der Waals surface area contributed by atoms with Gasteiger partial charge in [-0.15, -0.1) is 0 Å². The largest absolute Gasteiger partial charge is 0.478 e. The molecule has 2 saturated heterocycles. The normalized spacial score (nSPS) is 18.3. The van der Waals surface area contributed by atoms with Crippen molar-refractivity contribution in [2.75, 3.05) is 35.0 Å². The van der Waals surface area contributed by atoms with Gasteiger partial charge in [0.05, 0.1) is 58.5 Å². The number of carboxylic acids is 1.